The Morgan fingerprint density at radius 1 is 0.380 bits per heavy atom. The van der Waals surface area contributed by atoms with Crippen LogP contribution >= 0.6 is 0 Å². The van der Waals surface area contributed by atoms with Crippen molar-refractivity contribution in [3.05, 3.63) is 168 Å². The number of benzene rings is 4. The predicted molar refractivity (Wildman–Crippen MR) is 207 cm³/mol. The van der Waals surface area contributed by atoms with Gasteiger partial charge in [-0.15, -0.1) is 0 Å². The first-order chi connectivity index (χ1) is 24.7. The molecule has 5 nitrogen and oxygen atoms in total. The number of hydrogen-bond acceptors (Lipinski definition) is 3. The van der Waals surface area contributed by atoms with Gasteiger partial charge in [-0.2, -0.15) is 0 Å². The predicted octanol–water partition coefficient (Wildman–Crippen LogP) is 10.8. The highest BCUT2D eigenvalue weighted by atomic mass is 16.3. The number of rotatable bonds is 5. The Bertz CT molecular complexity index is 2580. The average Bonchev–Trinajstić information content (AvgIpc) is 4.01. The minimum absolute atomic E-state index is 0.0880. The molecule has 8 bridgehead atoms. The van der Waals surface area contributed by atoms with Crippen LogP contribution in [0.15, 0.2) is 140 Å². The van der Waals surface area contributed by atoms with Crippen molar-refractivity contribution in [3.63, 3.8) is 0 Å². The van der Waals surface area contributed by atoms with Crippen molar-refractivity contribution in [2.24, 2.45) is 0 Å². The van der Waals surface area contributed by atoms with E-state index in [0.29, 0.717) is 0 Å². The molecule has 0 saturated heterocycles. The minimum Gasteiger partial charge on any atom is -0.392 e. The molecule has 7 aromatic rings. The maximum absolute atomic E-state index is 10.5. The van der Waals surface area contributed by atoms with Crippen LogP contribution in [-0.4, -0.2) is 25.0 Å². The average molecular weight is 645 g/mol. The maximum Gasteiger partial charge on any atom is 0.0737 e. The molecule has 50 heavy (non-hydrogen) atoms. The third kappa shape index (κ3) is 5.17. The van der Waals surface area contributed by atoms with E-state index in [1.54, 1.807) is 0 Å². The molecule has 4 aromatic carbocycles. The highest BCUT2D eigenvalue weighted by Gasteiger charge is 2.19. The molecule has 2 aliphatic rings. The Morgan fingerprint density at radius 2 is 0.720 bits per heavy atom. The molecule has 9 rings (SSSR count). The molecule has 3 N–H and O–H groups in total. The highest BCUT2D eigenvalue weighted by molar-refractivity contribution is 6.00. The van der Waals surface area contributed by atoms with Crippen molar-refractivity contribution < 1.29 is 5.11 Å². The van der Waals surface area contributed by atoms with Gasteiger partial charge in [0.25, 0.3) is 0 Å². The molecule has 0 fully saturated rings. The zero-order valence-corrected chi connectivity index (χ0v) is 27.1. The Balaban J connectivity index is 1.49. The summed E-state index contributed by atoms with van der Waals surface area (Å²) in [7, 11) is 0. The van der Waals surface area contributed by atoms with Gasteiger partial charge in [-0.05, 0) is 76.4 Å². The second kappa shape index (κ2) is 12.5. The summed E-state index contributed by atoms with van der Waals surface area (Å²) in [5.41, 5.74) is 16.1. The smallest absolute Gasteiger partial charge is 0.0737 e. The van der Waals surface area contributed by atoms with E-state index >= 15 is 0 Å². The monoisotopic (exact) mass is 644 g/mol. The molecule has 0 saturated carbocycles. The first-order valence-corrected chi connectivity index (χ1v) is 16.8. The van der Waals surface area contributed by atoms with Crippen LogP contribution in [0, 0.1) is 0 Å². The summed E-state index contributed by atoms with van der Waals surface area (Å²) in [5, 5.41) is 10.5. The standard InChI is InChI=1S/C45H32N4O/c50-28-32-18-10-11-19-33(32)45-40-26-24-38(48-40)43(30-14-6-2-7-15-30)36-22-20-34(46-36)42(29-12-4-1-5-13-29)35-21-23-37(47-35)44(31-16-8-3-9-17-31)39-25-27-41(45)49-39/h1-27,46,49-50H,28H2. The number of aromatic nitrogens is 4. The first kappa shape index (κ1) is 29.6. The van der Waals surface area contributed by atoms with Crippen molar-refractivity contribution in [1.29, 1.82) is 0 Å². The molecule has 0 aliphatic carbocycles. The van der Waals surface area contributed by atoms with Crippen LogP contribution in [0.25, 0.3) is 90.9 Å². The Kier molecular flexibility index (Phi) is 7.38. The van der Waals surface area contributed by atoms with Gasteiger partial charge in [0.1, 0.15) is 0 Å². The van der Waals surface area contributed by atoms with Crippen molar-refractivity contribution in [2.45, 2.75) is 6.61 Å². The quantitative estimate of drug-likeness (QED) is 0.174. The summed E-state index contributed by atoms with van der Waals surface area (Å²) in [6.45, 7) is -0.0880. The van der Waals surface area contributed by atoms with Gasteiger partial charge >= 0.3 is 0 Å². The molecule has 0 amide bonds. The van der Waals surface area contributed by atoms with Crippen LogP contribution in [0.4, 0.5) is 0 Å². The molecule has 5 heteroatoms. The molecule has 0 spiro atoms. The van der Waals surface area contributed by atoms with E-state index in [-0.39, 0.29) is 6.61 Å². The number of hydrogen-bond donors (Lipinski definition) is 3. The summed E-state index contributed by atoms with van der Waals surface area (Å²) >= 11 is 0. The molecule has 238 valence electrons. The molecule has 0 radical (unpaired) electrons. The zero-order chi connectivity index (χ0) is 33.4. The van der Waals surface area contributed by atoms with E-state index in [2.05, 4.69) is 137 Å². The summed E-state index contributed by atoms with van der Waals surface area (Å²) < 4.78 is 0. The third-order valence-corrected chi connectivity index (χ3v) is 9.40. The second-order valence-electron chi connectivity index (χ2n) is 12.4. The summed E-state index contributed by atoms with van der Waals surface area (Å²) in [6, 6.07) is 47.7. The van der Waals surface area contributed by atoms with Crippen molar-refractivity contribution in [3.8, 4) is 44.5 Å². The van der Waals surface area contributed by atoms with E-state index in [0.717, 1.165) is 94.9 Å². The fourth-order valence-electron chi connectivity index (χ4n) is 7.12. The van der Waals surface area contributed by atoms with E-state index in [1.807, 2.05) is 36.4 Å². The van der Waals surface area contributed by atoms with Gasteiger partial charge in [-0.1, -0.05) is 115 Å². The van der Waals surface area contributed by atoms with Crippen molar-refractivity contribution in [2.75, 3.05) is 0 Å². The third-order valence-electron chi connectivity index (χ3n) is 9.40. The summed E-state index contributed by atoms with van der Waals surface area (Å²) in [6.07, 6.45) is 8.40. The topological polar surface area (TPSA) is 77.6 Å². The van der Waals surface area contributed by atoms with Gasteiger partial charge in [0, 0.05) is 44.3 Å². The van der Waals surface area contributed by atoms with Crippen molar-refractivity contribution >= 4 is 46.4 Å². The zero-order valence-electron chi connectivity index (χ0n) is 27.1. The van der Waals surface area contributed by atoms with E-state index in [9.17, 15) is 5.11 Å². The largest absolute Gasteiger partial charge is 0.392 e. The number of fused-ring (bicyclic) bond motifs is 8. The molecule has 2 aliphatic heterocycles. The van der Waals surface area contributed by atoms with Crippen LogP contribution in [0.1, 0.15) is 28.3 Å². The molecule has 5 heterocycles. The van der Waals surface area contributed by atoms with Crippen LogP contribution in [-0.2, 0) is 6.61 Å². The SMILES string of the molecule is OCc1ccccc1-c1c2nc(c(-c3ccccc3)c3ccc([nH]3)c(-c3ccccc3)c3nc(c(-c4ccccc4)c4ccc1[nH]4)C=C3)C=C2. The second-order valence-corrected chi connectivity index (χ2v) is 12.4. The molecule has 0 unspecified atom stereocenters. The van der Waals surface area contributed by atoms with Gasteiger partial charge in [-0.3, -0.25) is 0 Å². The molecular weight excluding hydrogens is 613 g/mol. The highest BCUT2D eigenvalue weighted by Crippen LogP contribution is 2.38. The fraction of sp³-hybridized carbons (Fsp3) is 0.0222. The van der Waals surface area contributed by atoms with Gasteiger partial charge in [0.2, 0.25) is 0 Å². The number of nitrogens with zero attached hydrogens (tertiary/aromatic N) is 2. The van der Waals surface area contributed by atoms with Crippen LogP contribution in [0.2, 0.25) is 0 Å². The summed E-state index contributed by atoms with van der Waals surface area (Å²) in [4.78, 5) is 18.2. The molecule has 3 aromatic heterocycles. The lowest BCUT2D eigenvalue weighted by Crippen LogP contribution is -1.93. The lowest BCUT2D eigenvalue weighted by atomic mass is 9.98. The number of aliphatic hydroxyl groups excluding tert-OH is 1. The van der Waals surface area contributed by atoms with E-state index < -0.39 is 0 Å². The van der Waals surface area contributed by atoms with Crippen molar-refractivity contribution in [1.82, 2.24) is 19.9 Å². The maximum atomic E-state index is 10.5. The van der Waals surface area contributed by atoms with Gasteiger partial charge < -0.3 is 15.1 Å². The molecule has 0 atom stereocenters. The Labute approximate surface area is 289 Å². The number of aliphatic hydroxyl groups is 1. The van der Waals surface area contributed by atoms with Crippen LogP contribution in [0.3, 0.4) is 0 Å². The summed E-state index contributed by atoms with van der Waals surface area (Å²) in [5.74, 6) is 0. The first-order valence-electron chi connectivity index (χ1n) is 16.8. The number of nitrogens with one attached hydrogen (secondary N) is 2. The molecular formula is C45H32N4O. The van der Waals surface area contributed by atoms with Gasteiger partial charge in [-0.25, -0.2) is 9.97 Å². The number of aromatic amines is 2. The van der Waals surface area contributed by atoms with Gasteiger partial charge in [0.15, 0.2) is 0 Å². The van der Waals surface area contributed by atoms with Crippen LogP contribution in [0.5, 0.6) is 0 Å². The van der Waals surface area contributed by atoms with Crippen LogP contribution < -0.4 is 0 Å². The minimum atomic E-state index is -0.0880. The van der Waals surface area contributed by atoms with Gasteiger partial charge in [0.05, 0.1) is 29.4 Å². The van der Waals surface area contributed by atoms with E-state index in [4.69, 9.17) is 9.97 Å². The lowest BCUT2D eigenvalue weighted by molar-refractivity contribution is 0.282. The van der Waals surface area contributed by atoms with E-state index in [1.165, 1.54) is 0 Å². The Hall–Kier alpha value is -6.56. The number of H-pyrrole nitrogens is 2. The Morgan fingerprint density at radius 3 is 1.12 bits per heavy atom. The lowest BCUT2D eigenvalue weighted by Gasteiger charge is -2.09. The fourth-order valence-corrected chi connectivity index (χ4v) is 7.12. The normalized spacial score (nSPS) is 12.0.